The Hall–Kier alpha value is -0.830. The molecule has 0 amide bonds. The molecule has 3 atom stereocenters. The third-order valence-corrected chi connectivity index (χ3v) is 3.75. The summed E-state index contributed by atoms with van der Waals surface area (Å²) < 4.78 is 2.22. The minimum atomic E-state index is 0.0633. The number of fused-ring (bicyclic) bond motifs is 1. The van der Waals surface area contributed by atoms with E-state index in [-0.39, 0.29) is 6.61 Å². The molecule has 0 spiro atoms. The molecule has 1 heterocycles. The molecule has 2 aliphatic carbocycles. The van der Waals surface area contributed by atoms with Gasteiger partial charge in [-0.3, -0.25) is 0 Å². The molecule has 0 saturated heterocycles. The van der Waals surface area contributed by atoms with Crippen LogP contribution in [0.4, 0.5) is 0 Å². The van der Waals surface area contributed by atoms with E-state index in [2.05, 4.69) is 9.55 Å². The van der Waals surface area contributed by atoms with Crippen LogP contribution in [0.2, 0.25) is 0 Å². The second-order valence-corrected chi connectivity index (χ2v) is 4.63. The van der Waals surface area contributed by atoms with Crippen molar-refractivity contribution in [2.24, 2.45) is 11.8 Å². The highest BCUT2D eigenvalue weighted by molar-refractivity contribution is 5.03. The summed E-state index contributed by atoms with van der Waals surface area (Å²) in [7, 11) is 0. The van der Waals surface area contributed by atoms with E-state index in [9.17, 15) is 0 Å². The number of aliphatic hydroxyl groups is 1. The number of aromatic nitrogens is 2. The standard InChI is InChI=1S/C11H16N2O/c14-6-9-5-13(7-12-9)11-3-1-2-8-4-10(8)11/h5,7-8,10-11,14H,1-4,6H2. The van der Waals surface area contributed by atoms with Gasteiger partial charge < -0.3 is 9.67 Å². The van der Waals surface area contributed by atoms with Crippen LogP contribution in [0.15, 0.2) is 12.5 Å². The Bertz CT molecular complexity index is 334. The molecule has 3 unspecified atom stereocenters. The predicted molar refractivity (Wildman–Crippen MR) is 52.6 cm³/mol. The van der Waals surface area contributed by atoms with Crippen LogP contribution in [0.1, 0.15) is 37.4 Å². The third kappa shape index (κ3) is 1.27. The fourth-order valence-electron chi connectivity index (χ4n) is 2.89. The maximum absolute atomic E-state index is 8.95. The first-order chi connectivity index (χ1) is 6.88. The molecule has 0 aliphatic heterocycles. The summed E-state index contributed by atoms with van der Waals surface area (Å²) in [6.07, 6.45) is 9.39. The van der Waals surface area contributed by atoms with Gasteiger partial charge >= 0.3 is 0 Å². The molecule has 14 heavy (non-hydrogen) atoms. The number of imidazole rings is 1. The van der Waals surface area contributed by atoms with Gasteiger partial charge in [-0.05, 0) is 24.7 Å². The van der Waals surface area contributed by atoms with E-state index in [0.717, 1.165) is 17.5 Å². The fourth-order valence-corrected chi connectivity index (χ4v) is 2.89. The predicted octanol–water partition coefficient (Wildman–Crippen LogP) is 1.74. The summed E-state index contributed by atoms with van der Waals surface area (Å²) in [5, 5.41) is 8.95. The lowest BCUT2D eigenvalue weighted by molar-refractivity contribution is 0.276. The van der Waals surface area contributed by atoms with E-state index >= 15 is 0 Å². The number of nitrogens with zero attached hydrogens (tertiary/aromatic N) is 2. The van der Waals surface area contributed by atoms with Crippen LogP contribution < -0.4 is 0 Å². The molecule has 1 N–H and O–H groups in total. The lowest BCUT2D eigenvalue weighted by Gasteiger charge is -2.22. The van der Waals surface area contributed by atoms with Crippen molar-refractivity contribution in [3.63, 3.8) is 0 Å². The second-order valence-electron chi connectivity index (χ2n) is 4.63. The lowest BCUT2D eigenvalue weighted by atomic mass is 9.95. The minimum absolute atomic E-state index is 0.0633. The van der Waals surface area contributed by atoms with Gasteiger partial charge in [0.05, 0.1) is 18.6 Å². The van der Waals surface area contributed by atoms with Crippen molar-refractivity contribution in [2.45, 2.75) is 38.3 Å². The Balaban J connectivity index is 1.80. The topological polar surface area (TPSA) is 38.0 Å². The largest absolute Gasteiger partial charge is 0.390 e. The Kier molecular flexibility index (Phi) is 1.87. The summed E-state index contributed by atoms with van der Waals surface area (Å²) in [5.41, 5.74) is 0.799. The van der Waals surface area contributed by atoms with Crippen LogP contribution in [0.3, 0.4) is 0 Å². The van der Waals surface area contributed by atoms with Crippen LogP contribution in [0, 0.1) is 11.8 Å². The van der Waals surface area contributed by atoms with Gasteiger partial charge in [0.1, 0.15) is 0 Å². The molecule has 3 rings (SSSR count). The van der Waals surface area contributed by atoms with E-state index < -0.39 is 0 Å². The molecule has 3 heteroatoms. The van der Waals surface area contributed by atoms with Crippen molar-refractivity contribution < 1.29 is 5.11 Å². The molecule has 3 nitrogen and oxygen atoms in total. The van der Waals surface area contributed by atoms with Gasteiger partial charge in [-0.2, -0.15) is 0 Å². The quantitative estimate of drug-likeness (QED) is 0.775. The molecule has 1 aromatic rings. The molecule has 2 aliphatic rings. The summed E-state index contributed by atoms with van der Waals surface area (Å²) in [5.74, 6) is 1.90. The molecule has 2 fully saturated rings. The van der Waals surface area contributed by atoms with Crippen LogP contribution in [0.25, 0.3) is 0 Å². The van der Waals surface area contributed by atoms with Gasteiger partial charge in [-0.25, -0.2) is 4.98 Å². The zero-order chi connectivity index (χ0) is 9.54. The summed E-state index contributed by atoms with van der Waals surface area (Å²) in [4.78, 5) is 4.18. The van der Waals surface area contributed by atoms with Crippen molar-refractivity contribution in [1.82, 2.24) is 9.55 Å². The number of hydrogen-bond donors (Lipinski definition) is 1. The molecule has 76 valence electrons. The van der Waals surface area contributed by atoms with Crippen molar-refractivity contribution in [3.8, 4) is 0 Å². The lowest BCUT2D eigenvalue weighted by Crippen LogP contribution is -2.14. The highest BCUT2D eigenvalue weighted by Gasteiger charge is 2.45. The van der Waals surface area contributed by atoms with Gasteiger partial charge in [0.25, 0.3) is 0 Å². The molecule has 0 aromatic carbocycles. The summed E-state index contributed by atoms with van der Waals surface area (Å²) in [6, 6.07) is 0.668. The van der Waals surface area contributed by atoms with Gasteiger partial charge in [0.15, 0.2) is 0 Å². The molecule has 0 bridgehead atoms. The van der Waals surface area contributed by atoms with Crippen molar-refractivity contribution >= 4 is 0 Å². The Morgan fingerprint density at radius 3 is 3.21 bits per heavy atom. The Labute approximate surface area is 83.8 Å². The van der Waals surface area contributed by atoms with Gasteiger partial charge in [-0.15, -0.1) is 0 Å². The highest BCUT2D eigenvalue weighted by atomic mass is 16.3. The molecular formula is C11H16N2O. The zero-order valence-corrected chi connectivity index (χ0v) is 8.26. The first-order valence-electron chi connectivity index (χ1n) is 5.51. The van der Waals surface area contributed by atoms with Crippen molar-refractivity contribution in [1.29, 1.82) is 0 Å². The number of aliphatic hydroxyl groups excluding tert-OH is 1. The minimum Gasteiger partial charge on any atom is -0.390 e. The number of hydrogen-bond acceptors (Lipinski definition) is 2. The van der Waals surface area contributed by atoms with Crippen LogP contribution in [0.5, 0.6) is 0 Å². The maximum atomic E-state index is 8.95. The van der Waals surface area contributed by atoms with E-state index in [1.165, 1.54) is 25.7 Å². The fraction of sp³-hybridized carbons (Fsp3) is 0.727. The van der Waals surface area contributed by atoms with E-state index in [1.807, 2.05) is 12.5 Å². The second kappa shape index (κ2) is 3.09. The molecule has 0 radical (unpaired) electrons. The van der Waals surface area contributed by atoms with E-state index in [4.69, 9.17) is 5.11 Å². The van der Waals surface area contributed by atoms with Gasteiger partial charge in [0, 0.05) is 12.2 Å². The van der Waals surface area contributed by atoms with Crippen LogP contribution >= 0.6 is 0 Å². The maximum Gasteiger partial charge on any atom is 0.0953 e. The average Bonchev–Trinajstić information content (AvgIpc) is 2.86. The van der Waals surface area contributed by atoms with Crippen LogP contribution in [-0.2, 0) is 6.61 Å². The number of rotatable bonds is 2. The van der Waals surface area contributed by atoms with Crippen molar-refractivity contribution in [3.05, 3.63) is 18.2 Å². The first kappa shape index (κ1) is 8.48. The first-order valence-corrected chi connectivity index (χ1v) is 5.51. The van der Waals surface area contributed by atoms with E-state index in [0.29, 0.717) is 6.04 Å². The monoisotopic (exact) mass is 192 g/mol. The van der Waals surface area contributed by atoms with Crippen LogP contribution in [-0.4, -0.2) is 14.7 Å². The zero-order valence-electron chi connectivity index (χ0n) is 8.26. The summed E-state index contributed by atoms with van der Waals surface area (Å²) >= 11 is 0. The Morgan fingerprint density at radius 2 is 2.43 bits per heavy atom. The molecule has 1 aromatic heterocycles. The third-order valence-electron chi connectivity index (χ3n) is 3.75. The average molecular weight is 192 g/mol. The SMILES string of the molecule is OCc1cn(C2CCCC3CC32)cn1. The van der Waals surface area contributed by atoms with Crippen molar-refractivity contribution in [2.75, 3.05) is 0 Å². The smallest absolute Gasteiger partial charge is 0.0953 e. The van der Waals surface area contributed by atoms with E-state index in [1.54, 1.807) is 0 Å². The van der Waals surface area contributed by atoms with Gasteiger partial charge in [0.2, 0.25) is 0 Å². The normalized spacial score (nSPS) is 35.4. The molecule has 2 saturated carbocycles. The summed E-state index contributed by atoms with van der Waals surface area (Å²) in [6.45, 7) is 0.0633. The Morgan fingerprint density at radius 1 is 1.50 bits per heavy atom. The highest BCUT2D eigenvalue weighted by Crippen LogP contribution is 2.54. The van der Waals surface area contributed by atoms with Gasteiger partial charge in [-0.1, -0.05) is 12.8 Å². The molecular weight excluding hydrogens is 176 g/mol.